The molecule has 0 saturated heterocycles. The third-order valence-corrected chi connectivity index (χ3v) is 4.29. The molecule has 1 heterocycles. The number of hydrogen-bond acceptors (Lipinski definition) is 3. The highest BCUT2D eigenvalue weighted by molar-refractivity contribution is 7.09. The predicted octanol–water partition coefficient (Wildman–Crippen LogP) is 4.56. The van der Waals surface area contributed by atoms with Crippen molar-refractivity contribution in [2.24, 2.45) is 5.73 Å². The van der Waals surface area contributed by atoms with Crippen LogP contribution in [-0.2, 0) is 6.42 Å². The van der Waals surface area contributed by atoms with Gasteiger partial charge in [-0.1, -0.05) is 31.5 Å². The fourth-order valence-electron chi connectivity index (χ4n) is 2.06. The third kappa shape index (κ3) is 4.66. The molecule has 0 fully saturated rings. The Hall–Kier alpha value is -1.32. The summed E-state index contributed by atoms with van der Waals surface area (Å²) in [5.74, 6) is 0.938. The standard InChI is InChI=1S/C17H23NOS/c1-2-3-12-19-15-8-6-14(7-9-15)17(18)11-10-16-5-4-13-20-16/h4-9,13,17H,2-3,10-12,18H2,1H3. The monoisotopic (exact) mass is 289 g/mol. The number of rotatable bonds is 8. The molecule has 0 radical (unpaired) electrons. The summed E-state index contributed by atoms with van der Waals surface area (Å²) >= 11 is 1.80. The van der Waals surface area contributed by atoms with Crippen LogP contribution in [0.15, 0.2) is 41.8 Å². The van der Waals surface area contributed by atoms with Crippen molar-refractivity contribution in [1.29, 1.82) is 0 Å². The minimum atomic E-state index is 0.0989. The summed E-state index contributed by atoms with van der Waals surface area (Å²) in [6.07, 6.45) is 4.29. The molecule has 2 nitrogen and oxygen atoms in total. The predicted molar refractivity (Wildman–Crippen MR) is 86.4 cm³/mol. The molecule has 2 aromatic rings. The topological polar surface area (TPSA) is 35.2 Å². The van der Waals surface area contributed by atoms with Gasteiger partial charge in [0.1, 0.15) is 5.75 Å². The lowest BCUT2D eigenvalue weighted by molar-refractivity contribution is 0.309. The van der Waals surface area contributed by atoms with Gasteiger partial charge < -0.3 is 10.5 Å². The van der Waals surface area contributed by atoms with Gasteiger partial charge in [0.15, 0.2) is 0 Å². The maximum Gasteiger partial charge on any atom is 0.119 e. The molecular formula is C17H23NOS. The Labute approximate surface area is 125 Å². The SMILES string of the molecule is CCCCOc1ccc(C(N)CCc2cccs2)cc1. The van der Waals surface area contributed by atoms with E-state index in [9.17, 15) is 0 Å². The first kappa shape index (κ1) is 15.1. The van der Waals surface area contributed by atoms with E-state index in [-0.39, 0.29) is 6.04 Å². The van der Waals surface area contributed by atoms with Gasteiger partial charge in [0.25, 0.3) is 0 Å². The lowest BCUT2D eigenvalue weighted by Gasteiger charge is -2.12. The van der Waals surface area contributed by atoms with Crippen LogP contribution in [0.5, 0.6) is 5.75 Å². The van der Waals surface area contributed by atoms with Crippen LogP contribution in [0.4, 0.5) is 0 Å². The highest BCUT2D eigenvalue weighted by atomic mass is 32.1. The summed E-state index contributed by atoms with van der Waals surface area (Å²) in [4.78, 5) is 1.40. The van der Waals surface area contributed by atoms with Gasteiger partial charge in [0.2, 0.25) is 0 Å². The van der Waals surface area contributed by atoms with Crippen LogP contribution in [0.1, 0.15) is 42.7 Å². The van der Waals surface area contributed by atoms with Gasteiger partial charge in [-0.15, -0.1) is 11.3 Å². The number of benzene rings is 1. The van der Waals surface area contributed by atoms with Crippen LogP contribution in [-0.4, -0.2) is 6.61 Å². The summed E-state index contributed by atoms with van der Waals surface area (Å²) < 4.78 is 5.66. The average Bonchev–Trinajstić information content (AvgIpc) is 2.99. The fourth-order valence-corrected chi connectivity index (χ4v) is 2.79. The molecule has 108 valence electrons. The summed E-state index contributed by atoms with van der Waals surface area (Å²) in [5, 5.41) is 2.11. The fraction of sp³-hybridized carbons (Fsp3) is 0.412. The highest BCUT2D eigenvalue weighted by Gasteiger charge is 2.07. The van der Waals surface area contributed by atoms with Crippen LogP contribution in [0.25, 0.3) is 0 Å². The largest absolute Gasteiger partial charge is 0.494 e. The van der Waals surface area contributed by atoms with Gasteiger partial charge in [0.05, 0.1) is 6.61 Å². The zero-order valence-electron chi connectivity index (χ0n) is 12.0. The molecule has 1 unspecified atom stereocenters. The summed E-state index contributed by atoms with van der Waals surface area (Å²) in [7, 11) is 0. The Morgan fingerprint density at radius 3 is 2.65 bits per heavy atom. The minimum absolute atomic E-state index is 0.0989. The number of ether oxygens (including phenoxy) is 1. The van der Waals surface area contributed by atoms with Crippen molar-refractivity contribution >= 4 is 11.3 Å². The first-order valence-corrected chi connectivity index (χ1v) is 8.18. The Morgan fingerprint density at radius 1 is 1.20 bits per heavy atom. The van der Waals surface area contributed by atoms with Crippen molar-refractivity contribution in [2.45, 2.75) is 38.6 Å². The van der Waals surface area contributed by atoms with Crippen molar-refractivity contribution in [1.82, 2.24) is 0 Å². The quantitative estimate of drug-likeness (QED) is 0.723. The molecule has 0 saturated carbocycles. The molecule has 1 aromatic carbocycles. The molecule has 20 heavy (non-hydrogen) atoms. The Balaban J connectivity index is 1.82. The highest BCUT2D eigenvalue weighted by Crippen LogP contribution is 2.21. The van der Waals surface area contributed by atoms with Gasteiger partial charge in [-0.05, 0) is 48.4 Å². The van der Waals surface area contributed by atoms with E-state index in [0.717, 1.165) is 38.0 Å². The molecule has 2 N–H and O–H groups in total. The van der Waals surface area contributed by atoms with Crippen LogP contribution in [0, 0.1) is 0 Å². The second-order valence-electron chi connectivity index (χ2n) is 5.00. The zero-order valence-corrected chi connectivity index (χ0v) is 12.9. The van der Waals surface area contributed by atoms with Crippen LogP contribution >= 0.6 is 11.3 Å². The van der Waals surface area contributed by atoms with Crippen molar-refractivity contribution in [3.05, 3.63) is 52.2 Å². The Kier molecular flexibility index (Phi) is 6.09. The molecule has 0 spiro atoms. The third-order valence-electron chi connectivity index (χ3n) is 3.36. The van der Waals surface area contributed by atoms with E-state index in [1.165, 1.54) is 10.4 Å². The number of thiophene rings is 1. The summed E-state index contributed by atoms with van der Waals surface area (Å²) in [6, 6.07) is 12.6. The van der Waals surface area contributed by atoms with Gasteiger partial charge in [0, 0.05) is 10.9 Å². The van der Waals surface area contributed by atoms with Crippen LogP contribution in [0.2, 0.25) is 0 Å². The minimum Gasteiger partial charge on any atom is -0.494 e. The van der Waals surface area contributed by atoms with Gasteiger partial charge in [-0.3, -0.25) is 0 Å². The van der Waals surface area contributed by atoms with E-state index in [1.54, 1.807) is 11.3 Å². The second kappa shape index (κ2) is 8.08. The summed E-state index contributed by atoms with van der Waals surface area (Å²) in [5.41, 5.74) is 7.43. The molecule has 2 rings (SSSR count). The molecule has 0 bridgehead atoms. The average molecular weight is 289 g/mol. The van der Waals surface area contributed by atoms with Gasteiger partial charge in [-0.25, -0.2) is 0 Å². The van der Waals surface area contributed by atoms with Crippen molar-refractivity contribution < 1.29 is 4.74 Å². The number of unbranched alkanes of at least 4 members (excludes halogenated alkanes) is 1. The van der Waals surface area contributed by atoms with Gasteiger partial charge in [-0.2, -0.15) is 0 Å². The summed E-state index contributed by atoms with van der Waals surface area (Å²) in [6.45, 7) is 2.96. The second-order valence-corrected chi connectivity index (χ2v) is 6.03. The first-order chi connectivity index (χ1) is 9.79. The number of nitrogens with two attached hydrogens (primary N) is 1. The van der Waals surface area contributed by atoms with Crippen molar-refractivity contribution in [3.63, 3.8) is 0 Å². The zero-order chi connectivity index (χ0) is 14.2. The van der Waals surface area contributed by atoms with E-state index < -0.39 is 0 Å². The van der Waals surface area contributed by atoms with Crippen molar-refractivity contribution in [3.8, 4) is 5.75 Å². The molecule has 0 aliphatic rings. The lowest BCUT2D eigenvalue weighted by atomic mass is 10.0. The van der Waals surface area contributed by atoms with Gasteiger partial charge >= 0.3 is 0 Å². The van der Waals surface area contributed by atoms with E-state index in [1.807, 2.05) is 12.1 Å². The van der Waals surface area contributed by atoms with Crippen molar-refractivity contribution in [2.75, 3.05) is 6.61 Å². The van der Waals surface area contributed by atoms with E-state index in [4.69, 9.17) is 10.5 Å². The lowest BCUT2D eigenvalue weighted by Crippen LogP contribution is -2.11. The van der Waals surface area contributed by atoms with E-state index in [2.05, 4.69) is 36.6 Å². The van der Waals surface area contributed by atoms with Crippen LogP contribution in [0.3, 0.4) is 0 Å². The molecule has 0 aliphatic carbocycles. The smallest absolute Gasteiger partial charge is 0.119 e. The molecule has 1 aromatic heterocycles. The molecule has 0 aliphatic heterocycles. The Morgan fingerprint density at radius 2 is 2.00 bits per heavy atom. The normalized spacial score (nSPS) is 12.3. The van der Waals surface area contributed by atoms with E-state index in [0.29, 0.717) is 0 Å². The molecule has 1 atom stereocenters. The first-order valence-electron chi connectivity index (χ1n) is 7.30. The van der Waals surface area contributed by atoms with Crippen LogP contribution < -0.4 is 10.5 Å². The number of hydrogen-bond donors (Lipinski definition) is 1. The Bertz CT molecular complexity index is 478. The molecule has 0 amide bonds. The molecular weight excluding hydrogens is 266 g/mol. The number of aryl methyl sites for hydroxylation is 1. The van der Waals surface area contributed by atoms with E-state index >= 15 is 0 Å². The maximum atomic E-state index is 6.25. The maximum absolute atomic E-state index is 6.25. The molecule has 3 heteroatoms.